The van der Waals surface area contributed by atoms with Gasteiger partial charge in [0.1, 0.15) is 0 Å². The van der Waals surface area contributed by atoms with Crippen molar-refractivity contribution in [1.82, 2.24) is 4.98 Å². The van der Waals surface area contributed by atoms with E-state index in [-0.39, 0.29) is 35.0 Å². The number of nitro benzene ring substituents is 1. The van der Waals surface area contributed by atoms with E-state index in [0.29, 0.717) is 5.56 Å². The van der Waals surface area contributed by atoms with Crippen LogP contribution in [0.5, 0.6) is 0 Å². The minimum atomic E-state index is -0.492. The second-order valence-electron chi connectivity index (χ2n) is 5.35. The zero-order valence-corrected chi connectivity index (χ0v) is 16.6. The number of aromatic nitrogens is 2. The predicted molar refractivity (Wildman–Crippen MR) is 95.0 cm³/mol. The molecule has 6 nitrogen and oxygen atoms in total. The van der Waals surface area contributed by atoms with Crippen LogP contribution in [0.4, 0.5) is 5.69 Å². The minimum Gasteiger partial charge on any atom is -1.00 e. The lowest BCUT2D eigenvalue weighted by Gasteiger charge is -2.01. The fourth-order valence-electron chi connectivity index (χ4n) is 2.30. The van der Waals surface area contributed by atoms with E-state index >= 15 is 0 Å². The first-order valence-electron chi connectivity index (χ1n) is 7.41. The van der Waals surface area contributed by atoms with E-state index in [0.717, 1.165) is 15.7 Å². The third-order valence-electron chi connectivity index (χ3n) is 3.64. The van der Waals surface area contributed by atoms with Crippen molar-refractivity contribution < 1.29 is 31.3 Å². The molecule has 0 aliphatic carbocycles. The molecule has 0 bridgehead atoms. The third-order valence-corrected chi connectivity index (χ3v) is 4.16. The topological polar surface area (TPSA) is 77.0 Å². The number of nitro groups is 1. The lowest BCUT2D eigenvalue weighted by atomic mass is 10.1. The lowest BCUT2D eigenvalue weighted by Crippen LogP contribution is -3.00. The second kappa shape index (κ2) is 8.77. The molecule has 0 saturated heterocycles. The zero-order valence-electron chi connectivity index (χ0n) is 13.4. The van der Waals surface area contributed by atoms with E-state index in [1.54, 1.807) is 17.1 Å². The van der Waals surface area contributed by atoms with Gasteiger partial charge in [-0.2, -0.15) is 0 Å². The average molecular weight is 479 g/mol. The summed E-state index contributed by atoms with van der Waals surface area (Å²) in [6, 6.07) is 15.2. The lowest BCUT2D eigenvalue weighted by molar-refractivity contribution is -0.686. The zero-order chi connectivity index (χ0) is 17.8. The molecule has 2 aromatic carbocycles. The van der Waals surface area contributed by atoms with Gasteiger partial charge in [-0.05, 0) is 41.4 Å². The van der Waals surface area contributed by atoms with E-state index in [1.807, 2.05) is 30.3 Å². The van der Waals surface area contributed by atoms with Gasteiger partial charge >= 0.3 is 0 Å². The number of non-ortho nitro benzene ring substituents is 1. The van der Waals surface area contributed by atoms with Gasteiger partial charge in [-0.15, -0.1) is 0 Å². The molecule has 0 atom stereocenters. The van der Waals surface area contributed by atoms with Gasteiger partial charge < -0.3 is 17.0 Å². The molecule has 8 heteroatoms. The van der Waals surface area contributed by atoms with E-state index in [2.05, 4.69) is 20.9 Å². The predicted octanol–water partition coefficient (Wildman–Crippen LogP) is 0.594. The van der Waals surface area contributed by atoms with Crippen LogP contribution < -0.4 is 21.5 Å². The highest BCUT2D eigenvalue weighted by Crippen LogP contribution is 2.18. The molecule has 3 rings (SSSR count). The number of rotatable bonds is 5. The van der Waals surface area contributed by atoms with Gasteiger partial charge in [0.05, 0.1) is 11.1 Å². The van der Waals surface area contributed by atoms with Crippen molar-refractivity contribution in [2.75, 3.05) is 0 Å². The van der Waals surface area contributed by atoms with Crippen LogP contribution in [0.15, 0.2) is 71.6 Å². The summed E-state index contributed by atoms with van der Waals surface area (Å²) < 4.78 is 2.67. The quantitative estimate of drug-likeness (QED) is 0.233. The normalized spacial score (nSPS) is 10.0. The van der Waals surface area contributed by atoms with Crippen molar-refractivity contribution >= 4 is 27.4 Å². The number of hydrogen-bond acceptors (Lipinski definition) is 4. The Morgan fingerprint density at radius 3 is 2.27 bits per heavy atom. The Labute approximate surface area is 168 Å². The number of hydrogen-bond donors (Lipinski definition) is 0. The van der Waals surface area contributed by atoms with Crippen molar-refractivity contribution in [1.29, 1.82) is 0 Å². The first kappa shape index (κ1) is 19.9. The maximum atomic E-state index is 12.3. The van der Waals surface area contributed by atoms with E-state index < -0.39 is 4.92 Å². The van der Waals surface area contributed by atoms with E-state index in [1.165, 1.54) is 24.3 Å². The molecule has 1 heterocycles. The van der Waals surface area contributed by atoms with E-state index in [9.17, 15) is 14.9 Å². The smallest absolute Gasteiger partial charge is 0.287 e. The third kappa shape index (κ3) is 4.80. The van der Waals surface area contributed by atoms with Crippen LogP contribution in [-0.4, -0.2) is 15.7 Å². The van der Waals surface area contributed by atoms with Crippen molar-refractivity contribution in [2.45, 2.75) is 6.54 Å². The highest BCUT2D eigenvalue weighted by molar-refractivity contribution is 9.10. The summed E-state index contributed by atoms with van der Waals surface area (Å²) in [7, 11) is 0. The van der Waals surface area contributed by atoms with Crippen LogP contribution in [0.2, 0.25) is 0 Å². The first-order valence-corrected chi connectivity index (χ1v) is 8.21. The van der Waals surface area contributed by atoms with Gasteiger partial charge in [0.25, 0.3) is 12.0 Å². The molecule has 0 unspecified atom stereocenters. The van der Waals surface area contributed by atoms with Crippen LogP contribution in [-0.2, 0) is 6.54 Å². The van der Waals surface area contributed by atoms with E-state index in [4.69, 9.17) is 0 Å². The summed E-state index contributed by atoms with van der Waals surface area (Å²) in [5, 5.41) is 10.6. The van der Waals surface area contributed by atoms with Gasteiger partial charge in [-0.25, -0.2) is 4.57 Å². The Bertz CT molecular complexity index is 912. The molecule has 0 amide bonds. The fourth-order valence-corrected chi connectivity index (χ4v) is 2.56. The second-order valence-corrected chi connectivity index (χ2v) is 6.27. The van der Waals surface area contributed by atoms with Crippen molar-refractivity contribution in [3.05, 3.63) is 87.3 Å². The molecule has 0 saturated carbocycles. The molecule has 132 valence electrons. The van der Waals surface area contributed by atoms with Gasteiger partial charge in [0, 0.05) is 33.8 Å². The van der Waals surface area contributed by atoms with Crippen molar-refractivity contribution in [3.63, 3.8) is 0 Å². The number of carbonyl (C=O) groups excluding carboxylic acids is 1. The number of ketones is 1. The average Bonchev–Trinajstić information content (AvgIpc) is 2.63. The summed E-state index contributed by atoms with van der Waals surface area (Å²) in [5.41, 5.74) is 2.18. The molecule has 0 spiro atoms. The fraction of sp³-hybridized carbons (Fsp3) is 0.0556. The number of Topliss-reactive ketones (excluding diaryl/α,β-unsaturated/α-hetero) is 1. The molecule has 0 aliphatic rings. The van der Waals surface area contributed by atoms with Crippen molar-refractivity contribution in [3.8, 4) is 11.3 Å². The summed E-state index contributed by atoms with van der Waals surface area (Å²) >= 11 is 3.39. The Balaban J connectivity index is 0.00000243. The van der Waals surface area contributed by atoms with Crippen LogP contribution in [0.25, 0.3) is 11.3 Å². The Morgan fingerprint density at radius 1 is 1.08 bits per heavy atom. The largest absolute Gasteiger partial charge is 1.00 e. The Morgan fingerprint density at radius 2 is 1.73 bits per heavy atom. The number of benzene rings is 2. The molecule has 3 aromatic rings. The number of halogens is 2. The summed E-state index contributed by atoms with van der Waals surface area (Å²) in [6.45, 7) is 0.116. The Kier molecular flexibility index (Phi) is 6.70. The van der Waals surface area contributed by atoms with Crippen LogP contribution in [0.1, 0.15) is 10.4 Å². The molecular weight excluding hydrogens is 466 g/mol. The minimum absolute atomic E-state index is 0. The molecule has 26 heavy (non-hydrogen) atoms. The molecule has 0 N–H and O–H groups in total. The molecule has 0 fully saturated rings. The van der Waals surface area contributed by atoms with Gasteiger partial charge in [-0.1, -0.05) is 15.9 Å². The standard InChI is InChI=1S/C18H13BrN3O3.BrH/c19-15-5-1-13(2-6-15)17-9-10-21(12-20-17)11-18(23)14-3-7-16(8-4-14)22(24)25;/h1-10,12H,11H2;1H/q+1;/p-1. The van der Waals surface area contributed by atoms with Crippen molar-refractivity contribution in [2.24, 2.45) is 0 Å². The summed E-state index contributed by atoms with van der Waals surface area (Å²) in [4.78, 5) is 26.8. The number of nitrogens with zero attached hydrogens (tertiary/aromatic N) is 3. The maximum absolute atomic E-state index is 12.3. The number of carbonyl (C=O) groups is 1. The highest BCUT2D eigenvalue weighted by atomic mass is 79.9. The highest BCUT2D eigenvalue weighted by Gasteiger charge is 2.13. The monoisotopic (exact) mass is 477 g/mol. The van der Waals surface area contributed by atoms with Gasteiger partial charge in [0.2, 0.25) is 5.78 Å². The molecule has 0 aliphatic heterocycles. The molecule has 1 aromatic heterocycles. The first-order chi connectivity index (χ1) is 12.0. The van der Waals surface area contributed by atoms with Crippen LogP contribution in [0, 0.1) is 10.1 Å². The van der Waals surface area contributed by atoms with Gasteiger partial charge in [-0.3, -0.25) is 14.9 Å². The maximum Gasteiger partial charge on any atom is 0.287 e. The molecular formula is C18H13Br2N3O3. The van der Waals surface area contributed by atoms with Gasteiger partial charge in [0.15, 0.2) is 12.2 Å². The summed E-state index contributed by atoms with van der Waals surface area (Å²) in [6.07, 6.45) is 3.38. The molecule has 0 radical (unpaired) electrons. The summed E-state index contributed by atoms with van der Waals surface area (Å²) in [5.74, 6) is -0.141. The van der Waals surface area contributed by atoms with Crippen LogP contribution >= 0.6 is 15.9 Å². The van der Waals surface area contributed by atoms with Crippen LogP contribution in [0.3, 0.4) is 0 Å². The SMILES string of the molecule is O=C(C[n+]1ccc(-c2ccc(Br)cc2)nc1)c1ccc([N+](=O)[O-])cc1.[Br-]. The Hall–Kier alpha value is -2.45.